The van der Waals surface area contributed by atoms with Crippen molar-refractivity contribution in [2.45, 2.75) is 25.7 Å². The van der Waals surface area contributed by atoms with Crippen LogP contribution < -0.4 is 0 Å². The zero-order valence-corrected chi connectivity index (χ0v) is 11.7. The van der Waals surface area contributed by atoms with E-state index in [0.717, 1.165) is 19.6 Å². The van der Waals surface area contributed by atoms with E-state index in [9.17, 15) is 9.59 Å². The van der Waals surface area contributed by atoms with Crippen molar-refractivity contribution in [1.82, 2.24) is 9.80 Å². The first-order valence-electron chi connectivity index (χ1n) is 7.45. The summed E-state index contributed by atoms with van der Waals surface area (Å²) in [6, 6.07) is 7.09. The lowest BCUT2D eigenvalue weighted by Crippen LogP contribution is -2.38. The van der Waals surface area contributed by atoms with Gasteiger partial charge in [-0.2, -0.15) is 0 Å². The van der Waals surface area contributed by atoms with Crippen LogP contribution in [0.25, 0.3) is 0 Å². The van der Waals surface area contributed by atoms with E-state index in [1.165, 1.54) is 30.6 Å². The van der Waals surface area contributed by atoms with Crippen LogP contribution in [0.5, 0.6) is 0 Å². The van der Waals surface area contributed by atoms with Crippen LogP contribution >= 0.6 is 0 Å². The van der Waals surface area contributed by atoms with Crippen molar-refractivity contribution >= 4 is 11.8 Å². The SMILES string of the molecule is O=C1c2ccccc2C(=O)N1CCN1CCCCCC1. The highest BCUT2D eigenvalue weighted by Crippen LogP contribution is 2.22. The summed E-state index contributed by atoms with van der Waals surface area (Å²) < 4.78 is 0. The number of imide groups is 1. The van der Waals surface area contributed by atoms with E-state index < -0.39 is 0 Å². The molecule has 0 unspecified atom stereocenters. The van der Waals surface area contributed by atoms with Crippen LogP contribution in [0.2, 0.25) is 0 Å². The summed E-state index contributed by atoms with van der Waals surface area (Å²) in [5, 5.41) is 0. The van der Waals surface area contributed by atoms with Gasteiger partial charge < -0.3 is 4.90 Å². The number of amides is 2. The average molecular weight is 272 g/mol. The van der Waals surface area contributed by atoms with Gasteiger partial charge in [-0.3, -0.25) is 14.5 Å². The van der Waals surface area contributed by atoms with Crippen LogP contribution in [0.3, 0.4) is 0 Å². The average Bonchev–Trinajstić information content (AvgIpc) is 2.68. The maximum Gasteiger partial charge on any atom is 0.261 e. The van der Waals surface area contributed by atoms with Gasteiger partial charge in [0.1, 0.15) is 0 Å². The fourth-order valence-corrected chi connectivity index (χ4v) is 3.04. The Bertz CT molecular complexity index is 484. The second-order valence-electron chi connectivity index (χ2n) is 5.56. The maximum atomic E-state index is 12.2. The van der Waals surface area contributed by atoms with Gasteiger partial charge in [0.25, 0.3) is 11.8 Å². The molecule has 1 saturated heterocycles. The third-order valence-electron chi connectivity index (χ3n) is 4.22. The van der Waals surface area contributed by atoms with Crippen LogP contribution in [-0.4, -0.2) is 47.8 Å². The Morgan fingerprint density at radius 1 is 0.800 bits per heavy atom. The zero-order chi connectivity index (χ0) is 13.9. The molecule has 1 fully saturated rings. The standard InChI is InChI=1S/C16H20N2O2/c19-15-13-7-3-4-8-14(13)16(20)18(15)12-11-17-9-5-1-2-6-10-17/h3-4,7-8H,1-2,5-6,9-12H2. The molecule has 0 N–H and O–H groups in total. The van der Waals surface area contributed by atoms with E-state index in [4.69, 9.17) is 0 Å². The highest BCUT2D eigenvalue weighted by atomic mass is 16.2. The number of benzene rings is 1. The maximum absolute atomic E-state index is 12.2. The molecular weight excluding hydrogens is 252 g/mol. The minimum Gasteiger partial charge on any atom is -0.302 e. The summed E-state index contributed by atoms with van der Waals surface area (Å²) >= 11 is 0. The summed E-state index contributed by atoms with van der Waals surface area (Å²) in [6.07, 6.45) is 5.04. The first-order chi connectivity index (χ1) is 9.77. The van der Waals surface area contributed by atoms with Crippen molar-refractivity contribution in [1.29, 1.82) is 0 Å². The molecule has 0 atom stereocenters. The summed E-state index contributed by atoms with van der Waals surface area (Å²) in [7, 11) is 0. The van der Waals surface area contributed by atoms with Crippen molar-refractivity contribution < 1.29 is 9.59 Å². The van der Waals surface area contributed by atoms with Crippen molar-refractivity contribution in [2.24, 2.45) is 0 Å². The van der Waals surface area contributed by atoms with Crippen LogP contribution in [0.15, 0.2) is 24.3 Å². The van der Waals surface area contributed by atoms with Crippen LogP contribution in [-0.2, 0) is 0 Å². The predicted molar refractivity (Wildman–Crippen MR) is 76.7 cm³/mol. The van der Waals surface area contributed by atoms with E-state index >= 15 is 0 Å². The highest BCUT2D eigenvalue weighted by Gasteiger charge is 2.34. The lowest BCUT2D eigenvalue weighted by molar-refractivity contribution is 0.0637. The molecule has 4 heteroatoms. The molecule has 3 rings (SSSR count). The van der Waals surface area contributed by atoms with Crippen molar-refractivity contribution in [2.75, 3.05) is 26.2 Å². The summed E-state index contributed by atoms with van der Waals surface area (Å²) in [5.74, 6) is -0.277. The van der Waals surface area contributed by atoms with Gasteiger partial charge in [0.05, 0.1) is 11.1 Å². The first kappa shape index (κ1) is 13.3. The first-order valence-corrected chi connectivity index (χ1v) is 7.45. The minimum atomic E-state index is -0.138. The second kappa shape index (κ2) is 5.75. The van der Waals surface area contributed by atoms with E-state index in [-0.39, 0.29) is 11.8 Å². The Balaban J connectivity index is 1.64. The van der Waals surface area contributed by atoms with Gasteiger partial charge in [-0.1, -0.05) is 25.0 Å². The van der Waals surface area contributed by atoms with Gasteiger partial charge in [-0.05, 0) is 38.1 Å². The Morgan fingerprint density at radius 2 is 1.35 bits per heavy atom. The van der Waals surface area contributed by atoms with Gasteiger partial charge in [0, 0.05) is 13.1 Å². The van der Waals surface area contributed by atoms with E-state index in [1.807, 2.05) is 12.1 Å². The molecular formula is C16H20N2O2. The van der Waals surface area contributed by atoms with Crippen molar-refractivity contribution in [3.63, 3.8) is 0 Å². The van der Waals surface area contributed by atoms with Gasteiger partial charge in [-0.25, -0.2) is 0 Å². The Hall–Kier alpha value is -1.68. The molecule has 20 heavy (non-hydrogen) atoms. The van der Waals surface area contributed by atoms with E-state index in [1.54, 1.807) is 12.1 Å². The monoisotopic (exact) mass is 272 g/mol. The van der Waals surface area contributed by atoms with Gasteiger partial charge >= 0.3 is 0 Å². The lowest BCUT2D eigenvalue weighted by Gasteiger charge is -2.22. The van der Waals surface area contributed by atoms with Gasteiger partial charge in [0.15, 0.2) is 0 Å². The molecule has 1 aromatic rings. The lowest BCUT2D eigenvalue weighted by atomic mass is 10.1. The molecule has 0 spiro atoms. The number of rotatable bonds is 3. The number of fused-ring (bicyclic) bond motifs is 1. The molecule has 2 amide bonds. The molecule has 0 aliphatic carbocycles. The molecule has 1 aromatic carbocycles. The van der Waals surface area contributed by atoms with Crippen molar-refractivity contribution in [3.05, 3.63) is 35.4 Å². The predicted octanol–water partition coefficient (Wildman–Crippen LogP) is 2.16. The van der Waals surface area contributed by atoms with E-state index in [2.05, 4.69) is 4.90 Å². The summed E-state index contributed by atoms with van der Waals surface area (Å²) in [4.78, 5) is 28.2. The van der Waals surface area contributed by atoms with E-state index in [0.29, 0.717) is 17.7 Å². The van der Waals surface area contributed by atoms with Gasteiger partial charge in [-0.15, -0.1) is 0 Å². The third kappa shape index (κ3) is 2.48. The van der Waals surface area contributed by atoms with Crippen LogP contribution in [0.1, 0.15) is 46.4 Å². The smallest absolute Gasteiger partial charge is 0.261 e. The van der Waals surface area contributed by atoms with Crippen molar-refractivity contribution in [3.8, 4) is 0 Å². The summed E-state index contributed by atoms with van der Waals surface area (Å²) in [6.45, 7) is 3.48. The molecule has 2 aliphatic heterocycles. The summed E-state index contributed by atoms with van der Waals surface area (Å²) in [5.41, 5.74) is 1.10. The topological polar surface area (TPSA) is 40.6 Å². The zero-order valence-electron chi connectivity index (χ0n) is 11.7. The third-order valence-corrected chi connectivity index (χ3v) is 4.22. The second-order valence-corrected chi connectivity index (χ2v) is 5.56. The molecule has 2 heterocycles. The minimum absolute atomic E-state index is 0.138. The number of hydrogen-bond donors (Lipinski definition) is 0. The Labute approximate surface area is 119 Å². The van der Waals surface area contributed by atoms with Gasteiger partial charge in [0.2, 0.25) is 0 Å². The fraction of sp³-hybridized carbons (Fsp3) is 0.500. The molecule has 2 aliphatic rings. The Morgan fingerprint density at radius 3 is 1.90 bits per heavy atom. The molecule has 0 aromatic heterocycles. The highest BCUT2D eigenvalue weighted by molar-refractivity contribution is 6.21. The van der Waals surface area contributed by atoms with Crippen LogP contribution in [0.4, 0.5) is 0 Å². The Kier molecular flexibility index (Phi) is 3.83. The number of nitrogens with zero attached hydrogens (tertiary/aromatic N) is 2. The molecule has 0 saturated carbocycles. The molecule has 106 valence electrons. The number of likely N-dealkylation sites (tertiary alicyclic amines) is 1. The number of hydrogen-bond acceptors (Lipinski definition) is 3. The molecule has 0 radical (unpaired) electrons. The van der Waals surface area contributed by atoms with Crippen LogP contribution in [0, 0.1) is 0 Å². The number of carbonyl (C=O) groups is 2. The largest absolute Gasteiger partial charge is 0.302 e. The number of carbonyl (C=O) groups excluding carboxylic acids is 2. The quantitative estimate of drug-likeness (QED) is 0.792. The molecule has 0 bridgehead atoms. The fourth-order valence-electron chi connectivity index (χ4n) is 3.04. The molecule has 4 nitrogen and oxygen atoms in total. The normalized spacial score (nSPS) is 20.1.